The third-order valence-electron chi connectivity index (χ3n) is 3.34. The summed E-state index contributed by atoms with van der Waals surface area (Å²) >= 11 is 3.38. The van der Waals surface area contributed by atoms with Crippen LogP contribution in [0.5, 0.6) is 11.5 Å². The van der Waals surface area contributed by atoms with Crippen LogP contribution in [-0.4, -0.2) is 19.6 Å². The highest BCUT2D eigenvalue weighted by Crippen LogP contribution is 2.26. The van der Waals surface area contributed by atoms with Gasteiger partial charge in [0.05, 0.1) is 7.11 Å². The number of nitrogens with one attached hydrogen (secondary N) is 1. The molecule has 26 heavy (non-hydrogen) atoms. The summed E-state index contributed by atoms with van der Waals surface area (Å²) in [5, 5.41) is 12.1. The Morgan fingerprint density at radius 1 is 1.31 bits per heavy atom. The van der Waals surface area contributed by atoms with E-state index in [0.717, 1.165) is 4.47 Å². The summed E-state index contributed by atoms with van der Waals surface area (Å²) in [4.78, 5) is 12.4. The van der Waals surface area contributed by atoms with Crippen LogP contribution in [0.15, 0.2) is 65.2 Å². The molecule has 0 saturated carbocycles. The van der Waals surface area contributed by atoms with Crippen molar-refractivity contribution in [3.05, 3.63) is 70.7 Å². The number of carbonyl (C=O) groups excluding carboxylic acids is 1. The number of amides is 1. The molecule has 0 aliphatic carbocycles. The number of rotatable bonds is 7. The van der Waals surface area contributed by atoms with Crippen LogP contribution in [0.25, 0.3) is 6.08 Å². The van der Waals surface area contributed by atoms with Gasteiger partial charge in [0, 0.05) is 15.7 Å². The van der Waals surface area contributed by atoms with Gasteiger partial charge in [-0.2, -0.15) is 5.26 Å². The Hall–Kier alpha value is -3.04. The van der Waals surface area contributed by atoms with Gasteiger partial charge in [-0.3, -0.25) is 4.79 Å². The molecule has 0 spiro atoms. The number of benzene rings is 2. The second-order valence-electron chi connectivity index (χ2n) is 5.13. The van der Waals surface area contributed by atoms with Crippen LogP contribution >= 0.6 is 15.9 Å². The van der Waals surface area contributed by atoms with Gasteiger partial charge < -0.3 is 14.8 Å². The standard InChI is InChI=1S/C20H17BrN2O3/c1-3-10-26-19-9-4-16(21)12-14(19)11-15(13-22)20(24)23-17-5-7-18(25-2)8-6-17/h3-9,11-12H,1,10H2,2H3,(H,23,24)/b15-11+. The van der Waals surface area contributed by atoms with Crippen molar-refractivity contribution in [2.75, 3.05) is 19.0 Å². The summed E-state index contributed by atoms with van der Waals surface area (Å²) in [5.74, 6) is 0.725. The molecule has 0 aliphatic heterocycles. The van der Waals surface area contributed by atoms with Crippen molar-refractivity contribution in [1.29, 1.82) is 5.26 Å². The number of hydrogen-bond acceptors (Lipinski definition) is 4. The molecule has 0 atom stereocenters. The number of ether oxygens (including phenoxy) is 2. The van der Waals surface area contributed by atoms with E-state index in [1.807, 2.05) is 12.1 Å². The lowest BCUT2D eigenvalue weighted by molar-refractivity contribution is -0.112. The molecule has 0 radical (unpaired) electrons. The molecule has 1 N–H and O–H groups in total. The highest BCUT2D eigenvalue weighted by Gasteiger charge is 2.12. The third-order valence-corrected chi connectivity index (χ3v) is 3.83. The summed E-state index contributed by atoms with van der Waals surface area (Å²) in [6.07, 6.45) is 3.11. The number of carbonyl (C=O) groups is 1. The number of nitrogens with zero attached hydrogens (tertiary/aromatic N) is 1. The van der Waals surface area contributed by atoms with Crippen LogP contribution < -0.4 is 14.8 Å². The van der Waals surface area contributed by atoms with Crippen LogP contribution in [0.4, 0.5) is 5.69 Å². The average Bonchev–Trinajstić information content (AvgIpc) is 2.65. The van der Waals surface area contributed by atoms with Crippen molar-refractivity contribution in [3.8, 4) is 17.6 Å². The average molecular weight is 413 g/mol. The molecular weight excluding hydrogens is 396 g/mol. The Labute approximate surface area is 160 Å². The van der Waals surface area contributed by atoms with Gasteiger partial charge in [0.1, 0.15) is 29.7 Å². The molecule has 5 nitrogen and oxygen atoms in total. The Morgan fingerprint density at radius 3 is 2.65 bits per heavy atom. The molecule has 0 aromatic heterocycles. The molecule has 0 unspecified atom stereocenters. The highest BCUT2D eigenvalue weighted by molar-refractivity contribution is 9.10. The van der Waals surface area contributed by atoms with E-state index in [4.69, 9.17) is 9.47 Å². The van der Waals surface area contributed by atoms with Crippen molar-refractivity contribution in [1.82, 2.24) is 0 Å². The molecule has 2 rings (SSSR count). The molecule has 0 saturated heterocycles. The van der Waals surface area contributed by atoms with E-state index in [0.29, 0.717) is 29.4 Å². The predicted molar refractivity (Wildman–Crippen MR) is 105 cm³/mol. The Morgan fingerprint density at radius 2 is 2.04 bits per heavy atom. The van der Waals surface area contributed by atoms with Crippen LogP contribution in [0.3, 0.4) is 0 Å². The maximum atomic E-state index is 12.4. The van der Waals surface area contributed by atoms with Crippen LogP contribution in [0.2, 0.25) is 0 Å². The first-order chi connectivity index (χ1) is 12.6. The highest BCUT2D eigenvalue weighted by atomic mass is 79.9. The van der Waals surface area contributed by atoms with E-state index >= 15 is 0 Å². The third kappa shape index (κ3) is 5.23. The van der Waals surface area contributed by atoms with E-state index in [2.05, 4.69) is 27.8 Å². The first-order valence-corrected chi connectivity index (χ1v) is 8.47. The van der Waals surface area contributed by atoms with Crippen LogP contribution in [-0.2, 0) is 4.79 Å². The summed E-state index contributed by atoms with van der Waals surface area (Å²) in [7, 11) is 1.56. The van der Waals surface area contributed by atoms with E-state index in [1.165, 1.54) is 6.08 Å². The van der Waals surface area contributed by atoms with Gasteiger partial charge in [-0.1, -0.05) is 28.6 Å². The van der Waals surface area contributed by atoms with Gasteiger partial charge in [-0.05, 0) is 48.5 Å². The van der Waals surface area contributed by atoms with E-state index in [1.54, 1.807) is 49.6 Å². The molecule has 6 heteroatoms. The molecule has 0 heterocycles. The first-order valence-electron chi connectivity index (χ1n) is 7.68. The van der Waals surface area contributed by atoms with Gasteiger partial charge >= 0.3 is 0 Å². The lowest BCUT2D eigenvalue weighted by atomic mass is 10.1. The molecule has 132 valence electrons. The topological polar surface area (TPSA) is 71.3 Å². The maximum absolute atomic E-state index is 12.4. The summed E-state index contributed by atoms with van der Waals surface area (Å²) < 4.78 is 11.5. The van der Waals surface area contributed by atoms with Gasteiger partial charge in [0.25, 0.3) is 5.91 Å². The van der Waals surface area contributed by atoms with Crippen molar-refractivity contribution in [2.24, 2.45) is 0 Å². The van der Waals surface area contributed by atoms with Crippen molar-refractivity contribution in [3.63, 3.8) is 0 Å². The Bertz CT molecular complexity index is 868. The normalized spacial score (nSPS) is 10.6. The molecule has 0 bridgehead atoms. The van der Waals surface area contributed by atoms with E-state index < -0.39 is 5.91 Å². The quantitative estimate of drug-likeness (QED) is 0.410. The zero-order chi connectivity index (χ0) is 18.9. The number of nitriles is 1. The second kappa shape index (κ2) is 9.44. The van der Waals surface area contributed by atoms with Crippen LogP contribution in [0.1, 0.15) is 5.56 Å². The fraction of sp³-hybridized carbons (Fsp3) is 0.100. The van der Waals surface area contributed by atoms with Gasteiger partial charge in [-0.25, -0.2) is 0 Å². The van der Waals surface area contributed by atoms with E-state index in [-0.39, 0.29) is 5.57 Å². The molecular formula is C20H17BrN2O3. The number of anilines is 1. The minimum absolute atomic E-state index is 0.0395. The molecule has 2 aromatic carbocycles. The van der Waals surface area contributed by atoms with E-state index in [9.17, 15) is 10.1 Å². The fourth-order valence-corrected chi connectivity index (χ4v) is 2.47. The van der Waals surface area contributed by atoms with Gasteiger partial charge in [-0.15, -0.1) is 0 Å². The molecule has 2 aromatic rings. The lowest BCUT2D eigenvalue weighted by Gasteiger charge is -2.09. The molecule has 0 aliphatic rings. The zero-order valence-corrected chi connectivity index (χ0v) is 15.7. The van der Waals surface area contributed by atoms with Gasteiger partial charge in [0.2, 0.25) is 0 Å². The summed E-state index contributed by atoms with van der Waals surface area (Å²) in [5.41, 5.74) is 1.14. The molecule has 0 fully saturated rings. The van der Waals surface area contributed by atoms with Crippen molar-refractivity contribution < 1.29 is 14.3 Å². The molecule has 1 amide bonds. The summed E-state index contributed by atoms with van der Waals surface area (Å²) in [6.45, 7) is 3.93. The monoisotopic (exact) mass is 412 g/mol. The SMILES string of the molecule is C=CCOc1ccc(Br)cc1/C=C(\C#N)C(=O)Nc1ccc(OC)cc1. The Kier molecular flexibility index (Phi) is 7.01. The number of halogens is 1. The zero-order valence-electron chi connectivity index (χ0n) is 14.2. The maximum Gasteiger partial charge on any atom is 0.266 e. The summed E-state index contributed by atoms with van der Waals surface area (Å²) in [6, 6.07) is 14.1. The first kappa shape index (κ1) is 19.3. The fourth-order valence-electron chi connectivity index (χ4n) is 2.09. The number of methoxy groups -OCH3 is 1. The smallest absolute Gasteiger partial charge is 0.266 e. The minimum atomic E-state index is -0.507. The van der Waals surface area contributed by atoms with Crippen LogP contribution in [0, 0.1) is 11.3 Å². The number of hydrogen-bond donors (Lipinski definition) is 1. The van der Waals surface area contributed by atoms with Gasteiger partial charge in [0.15, 0.2) is 0 Å². The second-order valence-corrected chi connectivity index (χ2v) is 6.05. The lowest BCUT2D eigenvalue weighted by Crippen LogP contribution is -2.13. The largest absolute Gasteiger partial charge is 0.497 e. The predicted octanol–water partition coefficient (Wildman–Crippen LogP) is 4.57. The minimum Gasteiger partial charge on any atom is -0.497 e. The van der Waals surface area contributed by atoms with Crippen molar-refractivity contribution in [2.45, 2.75) is 0 Å². The van der Waals surface area contributed by atoms with Crippen molar-refractivity contribution >= 4 is 33.6 Å². The Balaban J connectivity index is 2.26.